The summed E-state index contributed by atoms with van der Waals surface area (Å²) in [6, 6.07) is 15.5. The fraction of sp³-hybridized carbons (Fsp3) is 0.278. The predicted molar refractivity (Wildman–Crippen MR) is 86.5 cm³/mol. The molecule has 0 spiro atoms. The van der Waals surface area contributed by atoms with E-state index in [1.54, 1.807) is 0 Å². The van der Waals surface area contributed by atoms with Crippen LogP contribution in [0.5, 0.6) is 0 Å². The van der Waals surface area contributed by atoms with E-state index in [-0.39, 0.29) is 0 Å². The van der Waals surface area contributed by atoms with Gasteiger partial charge in [0.15, 0.2) is 0 Å². The second kappa shape index (κ2) is 4.92. The lowest BCUT2D eigenvalue weighted by molar-refractivity contribution is 0.535. The van der Waals surface area contributed by atoms with Crippen LogP contribution >= 0.6 is 0 Å². The number of hydrogen-bond donors (Lipinski definition) is 2. The Kier molecular flexibility index (Phi) is 2.92. The molecule has 0 fully saturated rings. The van der Waals surface area contributed by atoms with Crippen LogP contribution in [-0.2, 0) is 0 Å². The zero-order chi connectivity index (χ0) is 14.2. The van der Waals surface area contributed by atoms with Gasteiger partial charge in [-0.25, -0.2) is 0 Å². The maximum absolute atomic E-state index is 4.15. The van der Waals surface area contributed by atoms with Crippen molar-refractivity contribution >= 4 is 16.6 Å². The monoisotopic (exact) mass is 277 g/mol. The highest BCUT2D eigenvalue weighted by atomic mass is 15.1. The van der Waals surface area contributed by atoms with Crippen molar-refractivity contribution in [3.8, 4) is 0 Å². The first-order chi connectivity index (χ1) is 10.3. The molecule has 0 saturated carbocycles. The topological polar surface area (TPSA) is 40.7 Å². The van der Waals surface area contributed by atoms with Crippen molar-refractivity contribution in [1.82, 2.24) is 10.2 Å². The maximum Gasteiger partial charge on any atom is 0.0881 e. The summed E-state index contributed by atoms with van der Waals surface area (Å²) in [4.78, 5) is 0. The molecule has 2 N–H and O–H groups in total. The molecular formula is C18H19N3. The summed E-state index contributed by atoms with van der Waals surface area (Å²) in [5.74, 6) is 0.655. The van der Waals surface area contributed by atoms with E-state index in [0.717, 1.165) is 16.6 Å². The molecule has 2 unspecified atom stereocenters. The number of rotatable bonds is 2. The molecule has 21 heavy (non-hydrogen) atoms. The number of hydrogen-bond acceptors (Lipinski definition) is 2. The Bertz CT molecular complexity index is 775. The van der Waals surface area contributed by atoms with Gasteiger partial charge in [0.25, 0.3) is 0 Å². The van der Waals surface area contributed by atoms with E-state index < -0.39 is 0 Å². The Morgan fingerprint density at radius 1 is 1.05 bits per heavy atom. The van der Waals surface area contributed by atoms with Gasteiger partial charge in [-0.1, -0.05) is 43.3 Å². The van der Waals surface area contributed by atoms with Crippen molar-refractivity contribution < 1.29 is 0 Å². The summed E-state index contributed by atoms with van der Waals surface area (Å²) in [5, 5.41) is 12.1. The van der Waals surface area contributed by atoms with Crippen LogP contribution in [0.1, 0.15) is 42.9 Å². The number of aromatic nitrogens is 2. The van der Waals surface area contributed by atoms with Crippen LogP contribution in [0.15, 0.2) is 48.7 Å². The number of para-hydroxylation sites is 1. The summed E-state index contributed by atoms with van der Waals surface area (Å²) < 4.78 is 0. The van der Waals surface area contributed by atoms with E-state index in [9.17, 15) is 0 Å². The second-order valence-corrected chi connectivity index (χ2v) is 5.94. The minimum atomic E-state index is 0.381. The molecule has 3 heteroatoms. The number of aromatic amines is 1. The van der Waals surface area contributed by atoms with E-state index in [4.69, 9.17) is 0 Å². The molecule has 0 bridgehead atoms. The van der Waals surface area contributed by atoms with Crippen LogP contribution in [0.25, 0.3) is 10.9 Å². The highest BCUT2D eigenvalue weighted by Gasteiger charge is 2.24. The van der Waals surface area contributed by atoms with Crippen molar-refractivity contribution in [1.29, 1.82) is 0 Å². The fourth-order valence-corrected chi connectivity index (χ4v) is 3.43. The molecule has 2 aromatic carbocycles. The lowest BCUT2D eigenvalue weighted by atomic mass is 9.81. The standard InChI is InChI=1S/C18H19N3/c1-12-9-10-16(15-7-3-2-6-14(12)15)20-17-8-4-5-13-11-19-21-18(13)17/h2-8,11-12,16,20H,9-10H2,1H3,(H,19,21). The van der Waals surface area contributed by atoms with Crippen molar-refractivity contribution in [2.45, 2.75) is 31.7 Å². The van der Waals surface area contributed by atoms with Crippen molar-refractivity contribution in [2.75, 3.05) is 5.32 Å². The average molecular weight is 277 g/mol. The molecule has 2 atom stereocenters. The largest absolute Gasteiger partial charge is 0.376 e. The van der Waals surface area contributed by atoms with E-state index in [1.165, 1.54) is 24.0 Å². The molecule has 1 aliphatic rings. The van der Waals surface area contributed by atoms with Crippen molar-refractivity contribution in [2.24, 2.45) is 0 Å². The summed E-state index contributed by atoms with van der Waals surface area (Å²) >= 11 is 0. The highest BCUT2D eigenvalue weighted by molar-refractivity contribution is 5.90. The molecule has 3 aromatic rings. The van der Waals surface area contributed by atoms with Gasteiger partial charge in [-0.05, 0) is 36.0 Å². The van der Waals surface area contributed by atoms with Gasteiger partial charge in [-0.2, -0.15) is 5.10 Å². The third-order valence-corrected chi connectivity index (χ3v) is 4.60. The number of fused-ring (bicyclic) bond motifs is 2. The Labute approximate surface area is 124 Å². The molecule has 0 saturated heterocycles. The number of nitrogens with one attached hydrogen (secondary N) is 2. The van der Waals surface area contributed by atoms with E-state index >= 15 is 0 Å². The Hall–Kier alpha value is -2.29. The summed E-state index contributed by atoms with van der Waals surface area (Å²) in [6.07, 6.45) is 4.27. The van der Waals surface area contributed by atoms with Crippen LogP contribution in [0.3, 0.4) is 0 Å². The molecule has 106 valence electrons. The Balaban J connectivity index is 1.72. The van der Waals surface area contributed by atoms with Crippen molar-refractivity contribution in [3.05, 3.63) is 59.8 Å². The smallest absolute Gasteiger partial charge is 0.0881 e. The first-order valence-electron chi connectivity index (χ1n) is 7.60. The normalized spacial score (nSPS) is 21.2. The third kappa shape index (κ3) is 2.09. The van der Waals surface area contributed by atoms with Gasteiger partial charge in [-0.15, -0.1) is 0 Å². The number of benzene rings is 2. The van der Waals surface area contributed by atoms with Crippen LogP contribution in [0, 0.1) is 0 Å². The van der Waals surface area contributed by atoms with Gasteiger partial charge >= 0.3 is 0 Å². The van der Waals surface area contributed by atoms with Gasteiger partial charge in [0, 0.05) is 5.39 Å². The van der Waals surface area contributed by atoms with Crippen LogP contribution < -0.4 is 5.32 Å². The molecule has 1 heterocycles. The van der Waals surface area contributed by atoms with Gasteiger partial charge in [0.05, 0.1) is 23.4 Å². The second-order valence-electron chi connectivity index (χ2n) is 5.94. The quantitative estimate of drug-likeness (QED) is 0.718. The van der Waals surface area contributed by atoms with Crippen molar-refractivity contribution in [3.63, 3.8) is 0 Å². The summed E-state index contributed by atoms with van der Waals surface area (Å²) in [5.41, 5.74) is 5.15. The molecule has 1 aromatic heterocycles. The van der Waals surface area contributed by atoms with Crippen LogP contribution in [0.4, 0.5) is 5.69 Å². The zero-order valence-corrected chi connectivity index (χ0v) is 12.1. The predicted octanol–water partition coefficient (Wildman–Crippen LogP) is 4.61. The minimum Gasteiger partial charge on any atom is -0.376 e. The average Bonchev–Trinajstić information content (AvgIpc) is 3.00. The van der Waals surface area contributed by atoms with Gasteiger partial charge in [0.2, 0.25) is 0 Å². The molecule has 1 aliphatic carbocycles. The van der Waals surface area contributed by atoms with Crippen LogP contribution in [-0.4, -0.2) is 10.2 Å². The first-order valence-corrected chi connectivity index (χ1v) is 7.60. The van der Waals surface area contributed by atoms with E-state index in [1.807, 2.05) is 6.20 Å². The number of nitrogens with zero attached hydrogens (tertiary/aromatic N) is 1. The van der Waals surface area contributed by atoms with Gasteiger partial charge in [-0.3, -0.25) is 5.10 Å². The Morgan fingerprint density at radius 3 is 2.81 bits per heavy atom. The summed E-state index contributed by atoms with van der Waals surface area (Å²) in [6.45, 7) is 2.32. The molecule has 0 radical (unpaired) electrons. The molecule has 0 aliphatic heterocycles. The molecular weight excluding hydrogens is 258 g/mol. The van der Waals surface area contributed by atoms with Crippen LogP contribution in [0.2, 0.25) is 0 Å². The van der Waals surface area contributed by atoms with Gasteiger partial charge in [0.1, 0.15) is 0 Å². The number of H-pyrrole nitrogens is 1. The number of anilines is 1. The Morgan fingerprint density at radius 2 is 1.90 bits per heavy atom. The molecule has 0 amide bonds. The minimum absolute atomic E-state index is 0.381. The lowest BCUT2D eigenvalue weighted by Crippen LogP contribution is -2.19. The van der Waals surface area contributed by atoms with E-state index in [0.29, 0.717) is 12.0 Å². The fourth-order valence-electron chi connectivity index (χ4n) is 3.43. The van der Waals surface area contributed by atoms with Gasteiger partial charge < -0.3 is 5.32 Å². The third-order valence-electron chi connectivity index (χ3n) is 4.60. The first kappa shape index (κ1) is 12.5. The highest BCUT2D eigenvalue weighted by Crippen LogP contribution is 2.39. The lowest BCUT2D eigenvalue weighted by Gasteiger charge is -2.31. The molecule has 4 rings (SSSR count). The molecule has 3 nitrogen and oxygen atoms in total. The van der Waals surface area contributed by atoms with E-state index in [2.05, 4.69) is 64.9 Å². The zero-order valence-electron chi connectivity index (χ0n) is 12.1. The SMILES string of the molecule is CC1CCC(Nc2cccc3cn[nH]c23)c2ccccc21. The maximum atomic E-state index is 4.15. The summed E-state index contributed by atoms with van der Waals surface area (Å²) in [7, 11) is 0.